The van der Waals surface area contributed by atoms with Gasteiger partial charge in [-0.1, -0.05) is 40.9 Å². The SMILES string of the molecule is O=C(O)Cc1ccc(OCCCCCCBr)cc1. The molecule has 0 aromatic heterocycles. The van der Waals surface area contributed by atoms with Gasteiger partial charge in [-0.25, -0.2) is 0 Å². The number of hydrogen-bond donors (Lipinski definition) is 1. The molecule has 0 saturated carbocycles. The van der Waals surface area contributed by atoms with Gasteiger partial charge in [0.25, 0.3) is 0 Å². The molecule has 0 amide bonds. The Bertz CT molecular complexity index is 349. The van der Waals surface area contributed by atoms with Gasteiger partial charge in [0.1, 0.15) is 5.75 Å². The van der Waals surface area contributed by atoms with Crippen LogP contribution in [0.15, 0.2) is 24.3 Å². The highest BCUT2D eigenvalue weighted by Gasteiger charge is 2.00. The van der Waals surface area contributed by atoms with Gasteiger partial charge in [-0.2, -0.15) is 0 Å². The first-order chi connectivity index (χ1) is 8.72. The molecule has 4 heteroatoms. The van der Waals surface area contributed by atoms with E-state index in [9.17, 15) is 4.79 Å². The average molecular weight is 315 g/mol. The summed E-state index contributed by atoms with van der Waals surface area (Å²) >= 11 is 3.41. The van der Waals surface area contributed by atoms with Crippen LogP contribution in [-0.2, 0) is 11.2 Å². The molecule has 0 bridgehead atoms. The molecule has 1 N–H and O–H groups in total. The molecule has 100 valence electrons. The van der Waals surface area contributed by atoms with Gasteiger partial charge in [0, 0.05) is 5.33 Å². The van der Waals surface area contributed by atoms with Gasteiger partial charge in [0.15, 0.2) is 0 Å². The van der Waals surface area contributed by atoms with Gasteiger partial charge in [-0.15, -0.1) is 0 Å². The largest absolute Gasteiger partial charge is 0.494 e. The van der Waals surface area contributed by atoms with E-state index in [0.717, 1.165) is 29.7 Å². The van der Waals surface area contributed by atoms with Crippen molar-refractivity contribution < 1.29 is 14.6 Å². The molecule has 0 aliphatic rings. The first kappa shape index (κ1) is 15.0. The van der Waals surface area contributed by atoms with Crippen molar-refractivity contribution >= 4 is 21.9 Å². The van der Waals surface area contributed by atoms with Gasteiger partial charge in [-0.3, -0.25) is 4.79 Å². The topological polar surface area (TPSA) is 46.5 Å². The first-order valence-corrected chi connectivity index (χ1v) is 7.34. The number of carboxylic acids is 1. The number of halogens is 1. The zero-order valence-corrected chi connectivity index (χ0v) is 12.0. The van der Waals surface area contributed by atoms with E-state index in [0.29, 0.717) is 0 Å². The lowest BCUT2D eigenvalue weighted by molar-refractivity contribution is -0.136. The average Bonchev–Trinajstić information content (AvgIpc) is 2.35. The van der Waals surface area contributed by atoms with Crippen LogP contribution in [0.4, 0.5) is 0 Å². The maximum Gasteiger partial charge on any atom is 0.307 e. The summed E-state index contributed by atoms with van der Waals surface area (Å²) in [5.41, 5.74) is 0.798. The van der Waals surface area contributed by atoms with Crippen LogP contribution in [0.5, 0.6) is 5.75 Å². The fourth-order valence-electron chi connectivity index (χ4n) is 1.62. The molecule has 0 fully saturated rings. The van der Waals surface area contributed by atoms with Crippen LogP contribution in [0.2, 0.25) is 0 Å². The Labute approximate surface area is 116 Å². The number of ether oxygens (including phenoxy) is 1. The number of unbranched alkanes of at least 4 members (excludes halogenated alkanes) is 3. The smallest absolute Gasteiger partial charge is 0.307 e. The van der Waals surface area contributed by atoms with Gasteiger partial charge >= 0.3 is 5.97 Å². The summed E-state index contributed by atoms with van der Waals surface area (Å²) in [6.45, 7) is 0.723. The van der Waals surface area contributed by atoms with Crippen LogP contribution in [0, 0.1) is 0 Å². The Hall–Kier alpha value is -1.03. The monoisotopic (exact) mass is 314 g/mol. The zero-order valence-electron chi connectivity index (χ0n) is 10.4. The van der Waals surface area contributed by atoms with Crippen molar-refractivity contribution in [3.8, 4) is 5.75 Å². The normalized spacial score (nSPS) is 10.3. The predicted octanol–water partition coefficient (Wildman–Crippen LogP) is 3.65. The van der Waals surface area contributed by atoms with Crippen LogP contribution >= 0.6 is 15.9 Å². The van der Waals surface area contributed by atoms with Crippen LogP contribution in [0.3, 0.4) is 0 Å². The van der Waals surface area contributed by atoms with Crippen molar-refractivity contribution in [3.63, 3.8) is 0 Å². The lowest BCUT2D eigenvalue weighted by Crippen LogP contribution is -2.00. The van der Waals surface area contributed by atoms with Crippen molar-refractivity contribution in [2.45, 2.75) is 32.1 Å². The van der Waals surface area contributed by atoms with Gasteiger partial charge in [-0.05, 0) is 30.5 Å². The highest BCUT2D eigenvalue weighted by molar-refractivity contribution is 9.09. The third-order valence-electron chi connectivity index (χ3n) is 2.58. The third kappa shape index (κ3) is 6.64. The molecular formula is C14H19BrO3. The van der Waals surface area contributed by atoms with Gasteiger partial charge in [0.05, 0.1) is 13.0 Å². The first-order valence-electron chi connectivity index (χ1n) is 6.22. The summed E-state index contributed by atoms with van der Waals surface area (Å²) < 4.78 is 5.59. The number of carboxylic acid groups (broad SMARTS) is 1. The second-order valence-electron chi connectivity index (χ2n) is 4.17. The molecule has 0 radical (unpaired) electrons. The second-order valence-corrected chi connectivity index (χ2v) is 4.96. The summed E-state index contributed by atoms with van der Waals surface area (Å²) in [7, 11) is 0. The molecule has 0 spiro atoms. The molecule has 1 aromatic carbocycles. The molecule has 1 rings (SSSR count). The fraction of sp³-hybridized carbons (Fsp3) is 0.500. The molecule has 3 nitrogen and oxygen atoms in total. The minimum Gasteiger partial charge on any atom is -0.494 e. The van der Waals surface area contributed by atoms with Gasteiger partial charge < -0.3 is 9.84 Å². The predicted molar refractivity (Wildman–Crippen MR) is 75.5 cm³/mol. The minimum atomic E-state index is -0.810. The molecule has 0 atom stereocenters. The van der Waals surface area contributed by atoms with Crippen molar-refractivity contribution in [1.82, 2.24) is 0 Å². The van der Waals surface area contributed by atoms with E-state index in [1.165, 1.54) is 19.3 Å². The van der Waals surface area contributed by atoms with E-state index >= 15 is 0 Å². The number of hydrogen-bond acceptors (Lipinski definition) is 2. The summed E-state index contributed by atoms with van der Waals surface area (Å²) in [5.74, 6) is 0.0000835. The van der Waals surface area contributed by atoms with Crippen LogP contribution < -0.4 is 4.74 Å². The number of benzene rings is 1. The van der Waals surface area contributed by atoms with E-state index in [4.69, 9.17) is 9.84 Å². The Balaban J connectivity index is 2.20. The lowest BCUT2D eigenvalue weighted by atomic mass is 10.1. The maximum atomic E-state index is 10.5. The Kier molecular flexibility index (Phi) is 7.49. The lowest BCUT2D eigenvalue weighted by Gasteiger charge is -2.06. The highest BCUT2D eigenvalue weighted by Crippen LogP contribution is 2.13. The van der Waals surface area contributed by atoms with E-state index in [2.05, 4.69) is 15.9 Å². The van der Waals surface area contributed by atoms with Crippen molar-refractivity contribution in [2.24, 2.45) is 0 Å². The van der Waals surface area contributed by atoms with Gasteiger partial charge in [0.2, 0.25) is 0 Å². The number of rotatable bonds is 9. The second kappa shape index (κ2) is 8.97. The van der Waals surface area contributed by atoms with Crippen molar-refractivity contribution in [3.05, 3.63) is 29.8 Å². The third-order valence-corrected chi connectivity index (χ3v) is 3.14. The van der Waals surface area contributed by atoms with E-state index in [1.54, 1.807) is 12.1 Å². The van der Waals surface area contributed by atoms with E-state index in [1.807, 2.05) is 12.1 Å². The van der Waals surface area contributed by atoms with Crippen LogP contribution in [0.1, 0.15) is 31.2 Å². The van der Waals surface area contributed by atoms with E-state index in [-0.39, 0.29) is 6.42 Å². The molecule has 0 saturated heterocycles. The molecule has 1 aromatic rings. The minimum absolute atomic E-state index is 0.0623. The number of carbonyl (C=O) groups is 1. The molecular weight excluding hydrogens is 296 g/mol. The fourth-order valence-corrected chi connectivity index (χ4v) is 2.01. The standard InChI is InChI=1S/C14H19BrO3/c15-9-3-1-2-4-10-18-13-7-5-12(6-8-13)11-14(16)17/h5-8H,1-4,9-11H2,(H,16,17). The molecule has 0 aliphatic heterocycles. The Morgan fingerprint density at radius 2 is 1.78 bits per heavy atom. The van der Waals surface area contributed by atoms with E-state index < -0.39 is 5.97 Å². The Morgan fingerprint density at radius 1 is 1.11 bits per heavy atom. The van der Waals surface area contributed by atoms with Crippen LogP contribution in [0.25, 0.3) is 0 Å². The number of alkyl halides is 1. The summed E-state index contributed by atoms with van der Waals surface area (Å²) in [5, 5.41) is 9.71. The molecule has 0 heterocycles. The quantitative estimate of drug-likeness (QED) is 0.559. The molecule has 0 unspecified atom stereocenters. The van der Waals surface area contributed by atoms with Crippen molar-refractivity contribution in [2.75, 3.05) is 11.9 Å². The highest BCUT2D eigenvalue weighted by atomic mass is 79.9. The summed E-state index contributed by atoms with van der Waals surface area (Å²) in [6.07, 6.45) is 4.75. The molecule has 18 heavy (non-hydrogen) atoms. The van der Waals surface area contributed by atoms with Crippen LogP contribution in [-0.4, -0.2) is 23.0 Å². The summed E-state index contributed by atoms with van der Waals surface area (Å²) in [4.78, 5) is 10.5. The molecule has 0 aliphatic carbocycles. The van der Waals surface area contributed by atoms with Crippen molar-refractivity contribution in [1.29, 1.82) is 0 Å². The maximum absolute atomic E-state index is 10.5. The number of aliphatic carboxylic acids is 1. The Morgan fingerprint density at radius 3 is 2.39 bits per heavy atom. The summed E-state index contributed by atoms with van der Waals surface area (Å²) in [6, 6.07) is 7.26. The zero-order chi connectivity index (χ0) is 13.2.